The first-order valence-corrected chi connectivity index (χ1v) is 9.08. The molecule has 3 aromatic heterocycles. The number of pyridine rings is 1. The number of halogens is 3. The van der Waals surface area contributed by atoms with E-state index in [1.165, 1.54) is 13.2 Å². The molecule has 0 bridgehead atoms. The number of hydrogen-bond acceptors (Lipinski definition) is 6. The van der Waals surface area contributed by atoms with E-state index in [9.17, 15) is 18.0 Å². The maximum absolute atomic E-state index is 12.3. The maximum Gasteiger partial charge on any atom is 0.405 e. The molecule has 1 atom stereocenters. The highest BCUT2D eigenvalue weighted by Crippen LogP contribution is 2.27. The van der Waals surface area contributed by atoms with Crippen molar-refractivity contribution in [3.63, 3.8) is 0 Å². The van der Waals surface area contributed by atoms with E-state index >= 15 is 0 Å². The van der Waals surface area contributed by atoms with Gasteiger partial charge in [0.2, 0.25) is 5.91 Å². The summed E-state index contributed by atoms with van der Waals surface area (Å²) in [5.41, 5.74) is 0.711. The van der Waals surface area contributed by atoms with Crippen LogP contribution in [0.2, 0.25) is 0 Å². The van der Waals surface area contributed by atoms with E-state index in [1.807, 2.05) is 11.4 Å². The van der Waals surface area contributed by atoms with Crippen molar-refractivity contribution in [3.8, 4) is 11.4 Å². The first kappa shape index (κ1) is 19.9. The molecular formula is C17H16F3N5O2S. The molecule has 3 aromatic rings. The number of carbonyl (C=O) groups excluding carboxylic acids is 1. The number of thioether (sulfide) groups is 1. The van der Waals surface area contributed by atoms with Gasteiger partial charge in [-0.05, 0) is 31.2 Å². The molecule has 7 nitrogen and oxygen atoms in total. The number of furan rings is 1. The number of nitrogens with one attached hydrogen (secondary N) is 1. The lowest BCUT2D eigenvalue weighted by atomic mass is 10.2. The molecule has 0 spiro atoms. The fourth-order valence-corrected chi connectivity index (χ4v) is 3.20. The molecule has 0 aliphatic rings. The minimum atomic E-state index is -4.47. The Kier molecular flexibility index (Phi) is 6.02. The van der Waals surface area contributed by atoms with Gasteiger partial charge < -0.3 is 9.73 Å². The lowest BCUT2D eigenvalue weighted by molar-refractivity contribution is -0.137. The molecule has 1 amide bonds. The van der Waals surface area contributed by atoms with E-state index in [0.29, 0.717) is 28.8 Å². The van der Waals surface area contributed by atoms with Gasteiger partial charge in [0.05, 0.1) is 18.1 Å². The molecule has 148 valence electrons. The SMILES string of the molecule is CC(Sc1nnc(-c2cccnc2)n1Cc1ccco1)C(=O)NCC(F)(F)F. The zero-order valence-corrected chi connectivity index (χ0v) is 15.5. The van der Waals surface area contributed by atoms with E-state index in [2.05, 4.69) is 15.2 Å². The molecule has 0 aliphatic heterocycles. The molecule has 0 aliphatic carbocycles. The summed E-state index contributed by atoms with van der Waals surface area (Å²) < 4.78 is 44.0. The predicted molar refractivity (Wildman–Crippen MR) is 95.4 cm³/mol. The van der Waals surface area contributed by atoms with Gasteiger partial charge in [-0.2, -0.15) is 13.2 Å². The minimum absolute atomic E-state index is 0.295. The Bertz CT molecular complexity index is 913. The van der Waals surface area contributed by atoms with Gasteiger partial charge in [0.1, 0.15) is 12.3 Å². The van der Waals surface area contributed by atoms with Crippen molar-refractivity contribution >= 4 is 17.7 Å². The largest absolute Gasteiger partial charge is 0.467 e. The molecule has 0 saturated heterocycles. The van der Waals surface area contributed by atoms with E-state index in [1.54, 1.807) is 35.2 Å². The fraction of sp³-hybridized carbons (Fsp3) is 0.294. The average molecular weight is 411 g/mol. The normalized spacial score (nSPS) is 12.7. The quantitative estimate of drug-likeness (QED) is 0.601. The van der Waals surface area contributed by atoms with Crippen LogP contribution in [0.1, 0.15) is 12.7 Å². The predicted octanol–water partition coefficient (Wildman–Crippen LogP) is 3.14. The number of carbonyl (C=O) groups is 1. The first-order valence-electron chi connectivity index (χ1n) is 8.20. The van der Waals surface area contributed by atoms with Crippen LogP contribution in [0.3, 0.4) is 0 Å². The van der Waals surface area contributed by atoms with Gasteiger partial charge in [-0.25, -0.2) is 0 Å². The van der Waals surface area contributed by atoms with Crippen molar-refractivity contribution in [2.75, 3.05) is 6.54 Å². The lowest BCUT2D eigenvalue weighted by Gasteiger charge is -2.14. The monoisotopic (exact) mass is 411 g/mol. The molecule has 3 rings (SSSR count). The molecule has 28 heavy (non-hydrogen) atoms. The summed E-state index contributed by atoms with van der Waals surface area (Å²) in [6.45, 7) is 0.423. The van der Waals surface area contributed by atoms with Gasteiger partial charge in [-0.1, -0.05) is 11.8 Å². The highest BCUT2D eigenvalue weighted by molar-refractivity contribution is 8.00. The third kappa shape index (κ3) is 5.12. The minimum Gasteiger partial charge on any atom is -0.467 e. The first-order chi connectivity index (χ1) is 13.3. The van der Waals surface area contributed by atoms with E-state index in [-0.39, 0.29) is 0 Å². The smallest absolute Gasteiger partial charge is 0.405 e. The summed E-state index contributed by atoms with van der Waals surface area (Å²) in [6.07, 6.45) is 0.312. The van der Waals surface area contributed by atoms with Crippen molar-refractivity contribution in [1.29, 1.82) is 0 Å². The van der Waals surface area contributed by atoms with Gasteiger partial charge in [0.15, 0.2) is 11.0 Å². The van der Waals surface area contributed by atoms with Crippen molar-refractivity contribution in [1.82, 2.24) is 25.1 Å². The van der Waals surface area contributed by atoms with Gasteiger partial charge in [0, 0.05) is 18.0 Å². The Labute approximate surface area is 162 Å². The van der Waals surface area contributed by atoms with Crippen molar-refractivity contribution in [3.05, 3.63) is 48.7 Å². The standard InChI is InChI=1S/C17H16F3N5O2S/c1-11(15(26)22-10-17(18,19)20)28-16-24-23-14(12-4-2-6-21-8-12)25(16)9-13-5-3-7-27-13/h2-8,11H,9-10H2,1H3,(H,22,26). The number of nitrogens with zero attached hydrogens (tertiary/aromatic N) is 4. The Morgan fingerprint density at radius 3 is 2.79 bits per heavy atom. The molecule has 1 N–H and O–H groups in total. The topological polar surface area (TPSA) is 85.8 Å². The molecule has 11 heteroatoms. The number of amides is 1. The Balaban J connectivity index is 1.82. The molecule has 0 radical (unpaired) electrons. The van der Waals surface area contributed by atoms with E-state index < -0.39 is 23.9 Å². The van der Waals surface area contributed by atoms with E-state index in [0.717, 1.165) is 11.8 Å². The molecule has 3 heterocycles. The Hall–Kier alpha value is -2.82. The van der Waals surface area contributed by atoms with Crippen molar-refractivity contribution in [2.24, 2.45) is 0 Å². The second-order valence-corrected chi connectivity index (χ2v) is 7.11. The van der Waals surface area contributed by atoms with Crippen LogP contribution in [-0.4, -0.2) is 43.6 Å². The average Bonchev–Trinajstić information content (AvgIpc) is 3.31. The van der Waals surface area contributed by atoms with Gasteiger partial charge in [-0.15, -0.1) is 10.2 Å². The van der Waals surface area contributed by atoms with Gasteiger partial charge in [-0.3, -0.25) is 14.3 Å². The summed E-state index contributed by atoms with van der Waals surface area (Å²) in [5.74, 6) is 0.411. The van der Waals surface area contributed by atoms with Crippen LogP contribution in [0.15, 0.2) is 52.5 Å². The molecular weight excluding hydrogens is 395 g/mol. The lowest BCUT2D eigenvalue weighted by Crippen LogP contribution is -2.38. The summed E-state index contributed by atoms with van der Waals surface area (Å²) >= 11 is 1.01. The summed E-state index contributed by atoms with van der Waals surface area (Å²) in [5, 5.41) is 9.72. The fourth-order valence-electron chi connectivity index (χ4n) is 2.33. The molecule has 1 unspecified atom stereocenters. The third-order valence-corrected chi connectivity index (χ3v) is 4.73. The second-order valence-electron chi connectivity index (χ2n) is 5.81. The Morgan fingerprint density at radius 2 is 2.14 bits per heavy atom. The van der Waals surface area contributed by atoms with Crippen LogP contribution in [0.4, 0.5) is 13.2 Å². The zero-order valence-electron chi connectivity index (χ0n) is 14.7. The summed E-state index contributed by atoms with van der Waals surface area (Å²) in [4.78, 5) is 16.0. The zero-order chi connectivity index (χ0) is 20.1. The van der Waals surface area contributed by atoms with Gasteiger partial charge >= 0.3 is 6.18 Å². The number of hydrogen-bond donors (Lipinski definition) is 1. The number of alkyl halides is 3. The highest BCUT2D eigenvalue weighted by Gasteiger charge is 2.29. The third-order valence-electron chi connectivity index (χ3n) is 3.65. The molecule has 0 aromatic carbocycles. The van der Waals surface area contributed by atoms with Crippen LogP contribution in [-0.2, 0) is 11.3 Å². The van der Waals surface area contributed by atoms with Crippen molar-refractivity contribution in [2.45, 2.75) is 30.1 Å². The maximum atomic E-state index is 12.3. The van der Waals surface area contributed by atoms with Crippen LogP contribution < -0.4 is 5.32 Å². The summed E-state index contributed by atoms with van der Waals surface area (Å²) in [7, 11) is 0. The van der Waals surface area contributed by atoms with Crippen LogP contribution in [0.25, 0.3) is 11.4 Å². The van der Waals surface area contributed by atoms with Crippen molar-refractivity contribution < 1.29 is 22.4 Å². The Morgan fingerprint density at radius 1 is 1.32 bits per heavy atom. The van der Waals surface area contributed by atoms with Crippen LogP contribution >= 0.6 is 11.8 Å². The van der Waals surface area contributed by atoms with Crippen LogP contribution in [0.5, 0.6) is 0 Å². The van der Waals surface area contributed by atoms with E-state index in [4.69, 9.17) is 4.42 Å². The molecule has 0 saturated carbocycles. The number of aromatic nitrogens is 4. The second kappa shape index (κ2) is 8.46. The highest BCUT2D eigenvalue weighted by atomic mass is 32.2. The molecule has 0 fully saturated rings. The van der Waals surface area contributed by atoms with Gasteiger partial charge in [0.25, 0.3) is 0 Å². The number of rotatable bonds is 7. The summed E-state index contributed by atoms with van der Waals surface area (Å²) in [6, 6.07) is 7.08. The van der Waals surface area contributed by atoms with Crippen LogP contribution in [0, 0.1) is 0 Å².